The van der Waals surface area contributed by atoms with Crippen LogP contribution in [0.3, 0.4) is 0 Å². The Morgan fingerprint density at radius 1 is 1.19 bits per heavy atom. The Labute approximate surface area is 159 Å². The van der Waals surface area contributed by atoms with Gasteiger partial charge in [0.15, 0.2) is 5.69 Å². The molecule has 1 fully saturated rings. The summed E-state index contributed by atoms with van der Waals surface area (Å²) in [5.74, 6) is 1.38. The summed E-state index contributed by atoms with van der Waals surface area (Å²) in [6.45, 7) is 4.62. The van der Waals surface area contributed by atoms with Gasteiger partial charge in [-0.25, -0.2) is 0 Å². The van der Waals surface area contributed by atoms with Gasteiger partial charge in [0.2, 0.25) is 0 Å². The van der Waals surface area contributed by atoms with Crippen LogP contribution in [0.25, 0.3) is 10.9 Å². The van der Waals surface area contributed by atoms with Gasteiger partial charge >= 0.3 is 0 Å². The fourth-order valence-corrected chi connectivity index (χ4v) is 3.58. The predicted molar refractivity (Wildman–Crippen MR) is 107 cm³/mol. The van der Waals surface area contributed by atoms with E-state index >= 15 is 0 Å². The summed E-state index contributed by atoms with van der Waals surface area (Å²) in [5, 5.41) is 12.8. The van der Waals surface area contributed by atoms with Crippen molar-refractivity contribution in [1.29, 1.82) is 0 Å². The smallest absolute Gasteiger partial charge is 0.274 e. The SMILES string of the molecule is CC1CCN(C(=O)c2ccc(NCCc3c[nH]c4ccccc34)nn2)CC1. The van der Waals surface area contributed by atoms with E-state index in [0.717, 1.165) is 44.4 Å². The van der Waals surface area contributed by atoms with Gasteiger partial charge in [-0.3, -0.25) is 4.79 Å². The van der Waals surface area contributed by atoms with E-state index in [1.807, 2.05) is 17.0 Å². The Balaban J connectivity index is 1.32. The van der Waals surface area contributed by atoms with Gasteiger partial charge < -0.3 is 15.2 Å². The van der Waals surface area contributed by atoms with E-state index in [-0.39, 0.29) is 5.91 Å². The molecule has 2 aromatic heterocycles. The molecule has 2 N–H and O–H groups in total. The lowest BCUT2D eigenvalue weighted by molar-refractivity contribution is 0.0690. The summed E-state index contributed by atoms with van der Waals surface area (Å²) in [4.78, 5) is 17.7. The minimum atomic E-state index is -0.0141. The van der Waals surface area contributed by atoms with Gasteiger partial charge in [0, 0.05) is 36.7 Å². The fraction of sp³-hybridized carbons (Fsp3) is 0.381. The van der Waals surface area contributed by atoms with Gasteiger partial charge in [-0.1, -0.05) is 25.1 Å². The Kier molecular flexibility index (Phi) is 5.05. The second-order valence-electron chi connectivity index (χ2n) is 7.31. The number of amides is 1. The molecule has 1 aliphatic heterocycles. The minimum absolute atomic E-state index is 0.0141. The van der Waals surface area contributed by atoms with Crippen LogP contribution in [-0.2, 0) is 6.42 Å². The van der Waals surface area contributed by atoms with Gasteiger partial charge in [-0.15, -0.1) is 10.2 Å². The van der Waals surface area contributed by atoms with Gasteiger partial charge in [0.1, 0.15) is 5.82 Å². The number of nitrogens with zero attached hydrogens (tertiary/aromatic N) is 3. The second kappa shape index (κ2) is 7.78. The van der Waals surface area contributed by atoms with E-state index in [1.165, 1.54) is 10.9 Å². The van der Waals surface area contributed by atoms with Gasteiger partial charge in [-0.05, 0) is 48.9 Å². The molecule has 3 heterocycles. The third kappa shape index (κ3) is 3.94. The summed E-state index contributed by atoms with van der Waals surface area (Å²) in [7, 11) is 0. The average molecular weight is 363 g/mol. The fourth-order valence-electron chi connectivity index (χ4n) is 3.58. The number of hydrogen-bond acceptors (Lipinski definition) is 4. The van der Waals surface area contributed by atoms with Crippen LogP contribution in [0.4, 0.5) is 5.82 Å². The van der Waals surface area contributed by atoms with E-state index in [2.05, 4.69) is 51.8 Å². The number of H-pyrrole nitrogens is 1. The number of piperidine rings is 1. The van der Waals surface area contributed by atoms with Crippen molar-refractivity contribution in [2.24, 2.45) is 5.92 Å². The van der Waals surface area contributed by atoms with Crippen molar-refractivity contribution < 1.29 is 4.79 Å². The molecule has 140 valence electrons. The van der Waals surface area contributed by atoms with E-state index < -0.39 is 0 Å². The quantitative estimate of drug-likeness (QED) is 0.728. The lowest BCUT2D eigenvalue weighted by Crippen LogP contribution is -2.38. The van der Waals surface area contributed by atoms with E-state index in [4.69, 9.17) is 0 Å². The van der Waals surface area contributed by atoms with Crippen molar-refractivity contribution in [3.05, 3.63) is 53.9 Å². The molecule has 0 saturated carbocycles. The highest BCUT2D eigenvalue weighted by Crippen LogP contribution is 2.19. The van der Waals surface area contributed by atoms with Crippen molar-refractivity contribution >= 4 is 22.6 Å². The van der Waals surface area contributed by atoms with Crippen LogP contribution >= 0.6 is 0 Å². The van der Waals surface area contributed by atoms with Crippen LogP contribution < -0.4 is 5.32 Å². The maximum atomic E-state index is 12.5. The highest BCUT2D eigenvalue weighted by atomic mass is 16.2. The van der Waals surface area contributed by atoms with Crippen molar-refractivity contribution in [2.75, 3.05) is 25.0 Å². The first kappa shape index (κ1) is 17.5. The molecule has 0 atom stereocenters. The normalized spacial score (nSPS) is 15.2. The van der Waals surface area contributed by atoms with Crippen LogP contribution in [0, 0.1) is 5.92 Å². The lowest BCUT2D eigenvalue weighted by Gasteiger charge is -2.29. The highest BCUT2D eigenvalue weighted by Gasteiger charge is 2.22. The first-order valence-corrected chi connectivity index (χ1v) is 9.62. The summed E-state index contributed by atoms with van der Waals surface area (Å²) in [5.41, 5.74) is 2.85. The molecule has 0 bridgehead atoms. The molecule has 3 aromatic rings. The number of aromatic nitrogens is 3. The number of nitrogens with one attached hydrogen (secondary N) is 2. The minimum Gasteiger partial charge on any atom is -0.368 e. The molecule has 6 nitrogen and oxygen atoms in total. The number of anilines is 1. The Bertz CT molecular complexity index is 910. The highest BCUT2D eigenvalue weighted by molar-refractivity contribution is 5.92. The number of fused-ring (bicyclic) bond motifs is 1. The molecule has 0 spiro atoms. The Morgan fingerprint density at radius 2 is 2.00 bits per heavy atom. The molecule has 1 aliphatic rings. The summed E-state index contributed by atoms with van der Waals surface area (Å²) < 4.78 is 0. The molecule has 4 rings (SSSR count). The molecule has 1 aromatic carbocycles. The lowest BCUT2D eigenvalue weighted by atomic mass is 9.99. The Hall–Kier alpha value is -2.89. The molecule has 0 aliphatic carbocycles. The van der Waals surface area contributed by atoms with Crippen LogP contribution in [0.1, 0.15) is 35.8 Å². The second-order valence-corrected chi connectivity index (χ2v) is 7.31. The number of para-hydroxylation sites is 1. The molecule has 0 unspecified atom stereocenters. The number of rotatable bonds is 5. The molecular weight excluding hydrogens is 338 g/mol. The molecule has 1 amide bonds. The molecular formula is C21H25N5O. The van der Waals surface area contributed by atoms with Crippen molar-refractivity contribution in [3.63, 3.8) is 0 Å². The topological polar surface area (TPSA) is 73.9 Å². The van der Waals surface area contributed by atoms with Crippen molar-refractivity contribution in [1.82, 2.24) is 20.1 Å². The first-order chi connectivity index (χ1) is 13.2. The molecule has 27 heavy (non-hydrogen) atoms. The summed E-state index contributed by atoms with van der Waals surface area (Å²) >= 11 is 0. The maximum absolute atomic E-state index is 12.5. The number of aromatic amines is 1. The number of hydrogen-bond donors (Lipinski definition) is 2. The summed E-state index contributed by atoms with van der Waals surface area (Å²) in [6.07, 6.45) is 5.07. The van der Waals surface area contributed by atoms with Crippen LogP contribution in [0.15, 0.2) is 42.6 Å². The van der Waals surface area contributed by atoms with Crippen molar-refractivity contribution in [2.45, 2.75) is 26.2 Å². The zero-order valence-corrected chi connectivity index (χ0v) is 15.6. The number of likely N-dealkylation sites (tertiary alicyclic amines) is 1. The maximum Gasteiger partial charge on any atom is 0.274 e. The third-order valence-electron chi connectivity index (χ3n) is 5.33. The van der Waals surface area contributed by atoms with Gasteiger partial charge in [-0.2, -0.15) is 0 Å². The largest absolute Gasteiger partial charge is 0.368 e. The van der Waals surface area contributed by atoms with Gasteiger partial charge in [0.25, 0.3) is 5.91 Å². The van der Waals surface area contributed by atoms with E-state index in [9.17, 15) is 4.79 Å². The van der Waals surface area contributed by atoms with E-state index in [1.54, 1.807) is 6.07 Å². The van der Waals surface area contributed by atoms with E-state index in [0.29, 0.717) is 17.4 Å². The zero-order valence-electron chi connectivity index (χ0n) is 15.6. The van der Waals surface area contributed by atoms with Crippen LogP contribution in [0.2, 0.25) is 0 Å². The molecule has 6 heteroatoms. The first-order valence-electron chi connectivity index (χ1n) is 9.62. The molecule has 1 saturated heterocycles. The number of carbonyl (C=O) groups excluding carboxylic acids is 1. The number of carbonyl (C=O) groups is 1. The molecule has 0 radical (unpaired) electrons. The standard InChI is InChI=1S/C21H25N5O/c1-15-9-12-26(13-10-15)21(27)19-6-7-20(25-24-19)22-11-8-16-14-23-18-5-3-2-4-17(16)18/h2-7,14-15,23H,8-13H2,1H3,(H,22,25). The Morgan fingerprint density at radius 3 is 2.78 bits per heavy atom. The van der Waals surface area contributed by atoms with Crippen LogP contribution in [0.5, 0.6) is 0 Å². The van der Waals surface area contributed by atoms with Crippen LogP contribution in [-0.4, -0.2) is 45.6 Å². The van der Waals surface area contributed by atoms with Crippen molar-refractivity contribution in [3.8, 4) is 0 Å². The zero-order chi connectivity index (χ0) is 18.6. The average Bonchev–Trinajstić information content (AvgIpc) is 3.12. The third-order valence-corrected chi connectivity index (χ3v) is 5.33. The predicted octanol–water partition coefficient (Wildman–Crippen LogP) is 3.48. The number of benzene rings is 1. The van der Waals surface area contributed by atoms with Gasteiger partial charge in [0.05, 0.1) is 0 Å². The monoisotopic (exact) mass is 363 g/mol. The summed E-state index contributed by atoms with van der Waals surface area (Å²) in [6, 6.07) is 11.9.